The Labute approximate surface area is 119 Å². The van der Waals surface area contributed by atoms with E-state index in [9.17, 15) is 0 Å². The second-order valence-electron chi connectivity index (χ2n) is 5.53. The van der Waals surface area contributed by atoms with E-state index >= 15 is 0 Å². The van der Waals surface area contributed by atoms with Gasteiger partial charge in [-0.1, -0.05) is 5.16 Å². The van der Waals surface area contributed by atoms with Gasteiger partial charge in [0.05, 0.1) is 18.1 Å². The topological polar surface area (TPSA) is 48.1 Å². The van der Waals surface area contributed by atoms with Crippen LogP contribution in [0, 0.1) is 6.92 Å². The van der Waals surface area contributed by atoms with E-state index in [0.717, 1.165) is 50.0 Å². The Morgan fingerprint density at radius 2 is 2.15 bits per heavy atom. The number of hydrogen-bond acceptors (Lipinski definition) is 6. The average Bonchev–Trinajstić information content (AvgIpc) is 2.98. The molecule has 2 aliphatic rings. The standard InChI is InChI=1S/C14H21N5O/c1-11-7-12(20-16-11)5-4-6-19-8-13-14(18(3)10-19)15-9-17(13)2/h7-8H,4-6,9-10H2,1-3H3. The summed E-state index contributed by atoms with van der Waals surface area (Å²) in [6, 6.07) is 2.01. The van der Waals surface area contributed by atoms with Gasteiger partial charge in [0.15, 0.2) is 5.84 Å². The second-order valence-corrected chi connectivity index (χ2v) is 5.53. The lowest BCUT2D eigenvalue weighted by Crippen LogP contribution is -2.43. The molecule has 0 fully saturated rings. The van der Waals surface area contributed by atoms with Gasteiger partial charge in [-0.25, -0.2) is 4.99 Å². The molecule has 0 aliphatic carbocycles. The van der Waals surface area contributed by atoms with Gasteiger partial charge >= 0.3 is 0 Å². The van der Waals surface area contributed by atoms with Crippen LogP contribution in [0.25, 0.3) is 0 Å². The van der Waals surface area contributed by atoms with E-state index in [1.807, 2.05) is 13.0 Å². The highest BCUT2D eigenvalue weighted by Gasteiger charge is 2.27. The molecule has 0 unspecified atom stereocenters. The van der Waals surface area contributed by atoms with Crippen LogP contribution in [0.3, 0.4) is 0 Å². The Morgan fingerprint density at radius 3 is 2.90 bits per heavy atom. The third-order valence-electron chi connectivity index (χ3n) is 3.68. The average molecular weight is 275 g/mol. The molecule has 3 heterocycles. The third-order valence-corrected chi connectivity index (χ3v) is 3.68. The van der Waals surface area contributed by atoms with Crippen LogP contribution in [0.15, 0.2) is 27.5 Å². The molecule has 1 aromatic rings. The fourth-order valence-electron chi connectivity index (χ4n) is 2.65. The largest absolute Gasteiger partial charge is 0.361 e. The fraction of sp³-hybridized carbons (Fsp3) is 0.571. The maximum Gasteiger partial charge on any atom is 0.152 e. The molecule has 0 atom stereocenters. The smallest absolute Gasteiger partial charge is 0.152 e. The second kappa shape index (κ2) is 5.19. The lowest BCUT2D eigenvalue weighted by Gasteiger charge is -2.34. The van der Waals surface area contributed by atoms with Crippen LogP contribution in [0.2, 0.25) is 0 Å². The van der Waals surface area contributed by atoms with Gasteiger partial charge in [0.2, 0.25) is 0 Å². The normalized spacial score (nSPS) is 18.2. The van der Waals surface area contributed by atoms with Gasteiger partial charge in [-0.05, 0) is 13.3 Å². The van der Waals surface area contributed by atoms with Crippen molar-refractivity contribution in [2.75, 3.05) is 34.0 Å². The highest BCUT2D eigenvalue weighted by molar-refractivity contribution is 5.99. The van der Waals surface area contributed by atoms with Gasteiger partial charge in [-0.2, -0.15) is 0 Å². The fourth-order valence-corrected chi connectivity index (χ4v) is 2.65. The molecule has 2 aliphatic heterocycles. The van der Waals surface area contributed by atoms with Crippen molar-refractivity contribution in [1.82, 2.24) is 19.9 Å². The van der Waals surface area contributed by atoms with Gasteiger partial charge in [-0.15, -0.1) is 0 Å². The molecule has 0 spiro atoms. The Hall–Kier alpha value is -1.98. The Morgan fingerprint density at radius 1 is 1.30 bits per heavy atom. The summed E-state index contributed by atoms with van der Waals surface area (Å²) in [5, 5.41) is 3.92. The van der Waals surface area contributed by atoms with E-state index in [0.29, 0.717) is 0 Å². The molecular formula is C14H21N5O. The number of rotatable bonds is 4. The van der Waals surface area contributed by atoms with E-state index < -0.39 is 0 Å². The minimum absolute atomic E-state index is 0.761. The van der Waals surface area contributed by atoms with Crippen molar-refractivity contribution in [2.45, 2.75) is 19.8 Å². The van der Waals surface area contributed by atoms with Crippen molar-refractivity contribution >= 4 is 5.84 Å². The summed E-state index contributed by atoms with van der Waals surface area (Å²) in [5.74, 6) is 2.08. The Bertz CT molecular complexity index is 548. The first-order chi connectivity index (χ1) is 9.63. The highest BCUT2D eigenvalue weighted by atomic mass is 16.5. The summed E-state index contributed by atoms with van der Waals surface area (Å²) < 4.78 is 5.24. The van der Waals surface area contributed by atoms with Crippen LogP contribution in [0.1, 0.15) is 17.9 Å². The predicted molar refractivity (Wildman–Crippen MR) is 77.0 cm³/mol. The molecule has 0 saturated heterocycles. The minimum atomic E-state index is 0.761. The van der Waals surface area contributed by atoms with Crippen LogP contribution >= 0.6 is 0 Å². The molecule has 6 heteroatoms. The number of aliphatic imine (C=N–C) groups is 1. The zero-order valence-electron chi connectivity index (χ0n) is 12.3. The van der Waals surface area contributed by atoms with Crippen LogP contribution in [0.5, 0.6) is 0 Å². The Balaban J connectivity index is 1.57. The molecule has 0 radical (unpaired) electrons. The van der Waals surface area contributed by atoms with Crippen LogP contribution in [0.4, 0.5) is 0 Å². The number of fused-ring (bicyclic) bond motifs is 1. The maximum absolute atomic E-state index is 5.24. The summed E-state index contributed by atoms with van der Waals surface area (Å²) in [7, 11) is 4.18. The quantitative estimate of drug-likeness (QED) is 0.828. The van der Waals surface area contributed by atoms with Crippen LogP contribution in [-0.2, 0) is 6.42 Å². The van der Waals surface area contributed by atoms with Gasteiger partial charge in [0.1, 0.15) is 12.4 Å². The van der Waals surface area contributed by atoms with E-state index in [1.165, 1.54) is 5.70 Å². The lowest BCUT2D eigenvalue weighted by atomic mass is 10.2. The maximum atomic E-state index is 5.24. The van der Waals surface area contributed by atoms with Crippen LogP contribution in [-0.4, -0.2) is 59.7 Å². The first-order valence-corrected chi connectivity index (χ1v) is 6.98. The number of nitrogens with zero attached hydrogens (tertiary/aromatic N) is 5. The number of likely N-dealkylation sites (N-methyl/N-ethyl adjacent to an activating group) is 2. The molecule has 0 N–H and O–H groups in total. The summed E-state index contributed by atoms with van der Waals surface area (Å²) in [5.41, 5.74) is 2.17. The monoisotopic (exact) mass is 275 g/mol. The molecule has 0 amide bonds. The molecule has 108 valence electrons. The van der Waals surface area contributed by atoms with Gasteiger partial charge < -0.3 is 19.2 Å². The minimum Gasteiger partial charge on any atom is -0.361 e. The van der Waals surface area contributed by atoms with E-state index in [4.69, 9.17) is 4.52 Å². The zero-order chi connectivity index (χ0) is 14.1. The first kappa shape index (κ1) is 13.0. The van der Waals surface area contributed by atoms with Crippen molar-refractivity contribution in [1.29, 1.82) is 0 Å². The van der Waals surface area contributed by atoms with Gasteiger partial charge in [-0.3, -0.25) is 0 Å². The summed E-state index contributed by atoms with van der Waals surface area (Å²) in [4.78, 5) is 11.3. The van der Waals surface area contributed by atoms with Crippen molar-refractivity contribution in [2.24, 2.45) is 4.99 Å². The number of aryl methyl sites for hydroxylation is 2. The number of hydrogen-bond donors (Lipinski definition) is 0. The number of aromatic nitrogens is 1. The highest BCUT2D eigenvalue weighted by Crippen LogP contribution is 2.20. The Kier molecular flexibility index (Phi) is 3.38. The number of amidine groups is 1. The zero-order valence-corrected chi connectivity index (χ0v) is 12.3. The first-order valence-electron chi connectivity index (χ1n) is 6.98. The van der Waals surface area contributed by atoms with Crippen molar-refractivity contribution in [3.63, 3.8) is 0 Å². The molecule has 20 heavy (non-hydrogen) atoms. The SMILES string of the molecule is Cc1cc(CCCN2C=C3C(=NCN3C)N(C)C2)on1. The summed E-state index contributed by atoms with van der Waals surface area (Å²) >= 11 is 0. The molecular weight excluding hydrogens is 254 g/mol. The lowest BCUT2D eigenvalue weighted by molar-refractivity contribution is 0.249. The van der Waals surface area contributed by atoms with E-state index in [-0.39, 0.29) is 0 Å². The van der Waals surface area contributed by atoms with Crippen molar-refractivity contribution in [3.8, 4) is 0 Å². The van der Waals surface area contributed by atoms with Crippen molar-refractivity contribution < 1.29 is 4.52 Å². The van der Waals surface area contributed by atoms with Gasteiger partial charge in [0.25, 0.3) is 0 Å². The molecule has 0 saturated carbocycles. The molecule has 3 rings (SSSR count). The molecule has 1 aromatic heterocycles. The molecule has 0 bridgehead atoms. The molecule has 0 aromatic carbocycles. The van der Waals surface area contributed by atoms with E-state index in [1.54, 1.807) is 0 Å². The molecule has 6 nitrogen and oxygen atoms in total. The summed E-state index contributed by atoms with van der Waals surface area (Å²) in [6.45, 7) is 4.62. The van der Waals surface area contributed by atoms with Crippen LogP contribution < -0.4 is 0 Å². The van der Waals surface area contributed by atoms with Gasteiger partial charge in [0, 0.05) is 39.3 Å². The third kappa shape index (κ3) is 2.50. The van der Waals surface area contributed by atoms with E-state index in [2.05, 4.69) is 45.1 Å². The summed E-state index contributed by atoms with van der Waals surface area (Å²) in [6.07, 6.45) is 4.21. The predicted octanol–water partition coefficient (Wildman–Crippen LogP) is 1.26. The van der Waals surface area contributed by atoms with Crippen molar-refractivity contribution in [3.05, 3.63) is 29.4 Å².